The van der Waals surface area contributed by atoms with E-state index in [1.54, 1.807) is 0 Å². The highest BCUT2D eigenvalue weighted by Crippen LogP contribution is 2.41. The normalized spacial score (nSPS) is 11.7. The second-order valence-electron chi connectivity index (χ2n) is 12.4. The van der Waals surface area contributed by atoms with Gasteiger partial charge in [0.15, 0.2) is 17.5 Å². The molecule has 0 fully saturated rings. The first-order valence-corrected chi connectivity index (χ1v) is 16.4. The quantitative estimate of drug-likeness (QED) is 0.183. The van der Waals surface area contributed by atoms with Gasteiger partial charge in [0.2, 0.25) is 0 Å². The summed E-state index contributed by atoms with van der Waals surface area (Å²) in [6, 6.07) is 56.9. The third-order valence-corrected chi connectivity index (χ3v) is 9.49. The van der Waals surface area contributed by atoms with Crippen LogP contribution in [-0.4, -0.2) is 15.0 Å². The molecule has 0 N–H and O–H groups in total. The largest absolute Gasteiger partial charge is 0.456 e. The summed E-state index contributed by atoms with van der Waals surface area (Å²) in [6.45, 7) is 0. The second kappa shape index (κ2) is 11.0. The fourth-order valence-corrected chi connectivity index (χ4v) is 7.14. The molecule has 4 heteroatoms. The van der Waals surface area contributed by atoms with Crippen LogP contribution in [0.2, 0.25) is 0 Å². The van der Waals surface area contributed by atoms with Gasteiger partial charge >= 0.3 is 0 Å². The maximum absolute atomic E-state index is 6.47. The van der Waals surface area contributed by atoms with Gasteiger partial charge in [0.25, 0.3) is 0 Å². The number of fused-ring (bicyclic) bond motifs is 7. The van der Waals surface area contributed by atoms with Gasteiger partial charge in [0, 0.05) is 27.5 Å². The van der Waals surface area contributed by atoms with Gasteiger partial charge in [0.05, 0.1) is 0 Å². The van der Waals surface area contributed by atoms with Crippen LogP contribution in [-0.2, 0) is 0 Å². The van der Waals surface area contributed by atoms with E-state index in [2.05, 4.69) is 103 Å². The van der Waals surface area contributed by atoms with Crippen molar-refractivity contribution in [3.05, 3.63) is 164 Å². The molecule has 0 aliphatic heterocycles. The smallest absolute Gasteiger partial charge is 0.164 e. The molecule has 0 unspecified atom stereocenters. The first-order chi connectivity index (χ1) is 24.3. The Morgan fingerprint density at radius 2 is 0.959 bits per heavy atom. The Balaban J connectivity index is 1.15. The van der Waals surface area contributed by atoms with E-state index in [0.29, 0.717) is 17.5 Å². The Kier molecular flexibility index (Phi) is 6.15. The molecule has 0 radical (unpaired) electrons. The second-order valence-corrected chi connectivity index (χ2v) is 12.4. The number of rotatable bonds is 4. The highest BCUT2D eigenvalue weighted by molar-refractivity contribution is 6.19. The molecular weight excluding hydrogens is 599 g/mol. The molecule has 228 valence electrons. The van der Waals surface area contributed by atoms with Crippen LogP contribution in [0.5, 0.6) is 0 Å². The maximum atomic E-state index is 6.47. The summed E-state index contributed by atoms with van der Waals surface area (Å²) in [7, 11) is 0. The van der Waals surface area contributed by atoms with E-state index < -0.39 is 0 Å². The van der Waals surface area contributed by atoms with Crippen LogP contribution >= 0.6 is 0 Å². The molecule has 10 aromatic rings. The summed E-state index contributed by atoms with van der Waals surface area (Å²) in [5.74, 6) is 1.95. The van der Waals surface area contributed by atoms with Crippen LogP contribution in [0, 0.1) is 0 Å². The highest BCUT2D eigenvalue weighted by Gasteiger charge is 2.17. The zero-order valence-electron chi connectivity index (χ0n) is 26.3. The number of nitrogens with zero attached hydrogens (tertiary/aromatic N) is 3. The van der Waals surface area contributed by atoms with Gasteiger partial charge in [-0.05, 0) is 67.7 Å². The van der Waals surface area contributed by atoms with Crippen molar-refractivity contribution >= 4 is 54.3 Å². The third-order valence-electron chi connectivity index (χ3n) is 9.49. The number of hydrogen-bond acceptors (Lipinski definition) is 4. The van der Waals surface area contributed by atoms with Gasteiger partial charge in [-0.25, -0.2) is 15.0 Å². The highest BCUT2D eigenvalue weighted by atomic mass is 16.3. The van der Waals surface area contributed by atoms with Crippen molar-refractivity contribution in [3.63, 3.8) is 0 Å². The molecule has 0 aliphatic carbocycles. The van der Waals surface area contributed by atoms with Gasteiger partial charge in [-0.15, -0.1) is 0 Å². The number of benzene rings is 8. The first kappa shape index (κ1) is 27.5. The predicted molar refractivity (Wildman–Crippen MR) is 201 cm³/mol. The maximum Gasteiger partial charge on any atom is 0.164 e. The van der Waals surface area contributed by atoms with Gasteiger partial charge < -0.3 is 4.42 Å². The summed E-state index contributed by atoms with van der Waals surface area (Å²) < 4.78 is 6.47. The minimum atomic E-state index is 0.646. The van der Waals surface area contributed by atoms with Crippen LogP contribution in [0.3, 0.4) is 0 Å². The summed E-state index contributed by atoms with van der Waals surface area (Å²) in [5, 5.41) is 9.32. The summed E-state index contributed by atoms with van der Waals surface area (Å²) in [6.07, 6.45) is 0. The van der Waals surface area contributed by atoms with Gasteiger partial charge in [-0.2, -0.15) is 0 Å². The Labute approximate surface area is 282 Å². The van der Waals surface area contributed by atoms with E-state index in [1.807, 2.05) is 60.7 Å². The van der Waals surface area contributed by atoms with Gasteiger partial charge in [-0.3, -0.25) is 0 Å². The molecule has 0 bridgehead atoms. The van der Waals surface area contributed by atoms with Gasteiger partial charge in [0.1, 0.15) is 11.2 Å². The van der Waals surface area contributed by atoms with E-state index in [1.165, 1.54) is 21.5 Å². The summed E-state index contributed by atoms with van der Waals surface area (Å²) >= 11 is 0. The number of aromatic nitrogens is 3. The van der Waals surface area contributed by atoms with Crippen molar-refractivity contribution in [3.8, 4) is 45.3 Å². The lowest BCUT2D eigenvalue weighted by Gasteiger charge is -2.11. The van der Waals surface area contributed by atoms with E-state index in [-0.39, 0.29) is 0 Å². The van der Waals surface area contributed by atoms with Crippen LogP contribution in [0.15, 0.2) is 168 Å². The van der Waals surface area contributed by atoms with E-state index in [4.69, 9.17) is 19.4 Å². The van der Waals surface area contributed by atoms with E-state index in [0.717, 1.165) is 60.5 Å². The van der Waals surface area contributed by atoms with E-state index in [9.17, 15) is 0 Å². The minimum Gasteiger partial charge on any atom is -0.456 e. The van der Waals surface area contributed by atoms with Crippen LogP contribution in [0.1, 0.15) is 0 Å². The predicted octanol–water partition coefficient (Wildman–Crippen LogP) is 11.9. The summed E-state index contributed by atoms with van der Waals surface area (Å²) in [4.78, 5) is 14.9. The molecule has 0 atom stereocenters. The van der Waals surface area contributed by atoms with Crippen LogP contribution in [0.4, 0.5) is 0 Å². The third kappa shape index (κ3) is 4.57. The van der Waals surface area contributed by atoms with Crippen molar-refractivity contribution in [2.24, 2.45) is 0 Å². The zero-order valence-corrected chi connectivity index (χ0v) is 26.3. The van der Waals surface area contributed by atoms with Crippen LogP contribution < -0.4 is 0 Å². The molecule has 0 saturated heterocycles. The molecule has 10 rings (SSSR count). The SMILES string of the molecule is c1ccc(-c2nc(-c3ccccc3)nc(-c3cccc4cc(-c5cccc6oc7cc8ccc9ccccc9c8cc7c56)ccc34)n2)cc1. The molecule has 0 spiro atoms. The van der Waals surface area contributed by atoms with Crippen molar-refractivity contribution in [1.82, 2.24) is 15.0 Å². The van der Waals surface area contributed by atoms with Crippen LogP contribution in [0.25, 0.3) is 99.5 Å². The van der Waals surface area contributed by atoms with Crippen molar-refractivity contribution in [1.29, 1.82) is 0 Å². The van der Waals surface area contributed by atoms with Crippen molar-refractivity contribution < 1.29 is 4.42 Å². The lowest BCUT2D eigenvalue weighted by atomic mass is 9.94. The fourth-order valence-electron chi connectivity index (χ4n) is 7.14. The van der Waals surface area contributed by atoms with Crippen molar-refractivity contribution in [2.75, 3.05) is 0 Å². The average molecular weight is 626 g/mol. The average Bonchev–Trinajstić information content (AvgIpc) is 3.55. The Bertz CT molecular complexity index is 2820. The lowest BCUT2D eigenvalue weighted by Crippen LogP contribution is -2.00. The Hall–Kier alpha value is -6.65. The van der Waals surface area contributed by atoms with E-state index >= 15 is 0 Å². The monoisotopic (exact) mass is 625 g/mol. The van der Waals surface area contributed by atoms with Gasteiger partial charge in [-0.1, -0.05) is 140 Å². The molecule has 0 amide bonds. The lowest BCUT2D eigenvalue weighted by molar-refractivity contribution is 0.669. The van der Waals surface area contributed by atoms with Crippen molar-refractivity contribution in [2.45, 2.75) is 0 Å². The minimum absolute atomic E-state index is 0.646. The Morgan fingerprint density at radius 3 is 1.76 bits per heavy atom. The summed E-state index contributed by atoms with van der Waals surface area (Å²) in [5.41, 5.74) is 6.91. The molecule has 0 aliphatic rings. The molecule has 0 saturated carbocycles. The standard InChI is InChI=1S/C45H27N3O/c1-3-12-29(13-4-1)43-46-44(30-14-5-2-6-15-30)48-45(47-43)37-19-9-16-31-25-32(23-24-35(31)37)36-18-10-20-40-42(36)39-27-38-33(26-41(39)49-40)22-21-28-11-7-8-17-34(28)38/h1-27H. The number of furan rings is 1. The molecule has 2 heterocycles. The zero-order chi connectivity index (χ0) is 32.3. The molecule has 4 nitrogen and oxygen atoms in total. The molecular formula is C45H27N3O. The fraction of sp³-hybridized carbons (Fsp3) is 0. The molecule has 8 aromatic carbocycles. The molecule has 49 heavy (non-hydrogen) atoms. The number of hydrogen-bond donors (Lipinski definition) is 0. The molecule has 2 aromatic heterocycles. The first-order valence-electron chi connectivity index (χ1n) is 16.4. The Morgan fingerprint density at radius 1 is 0.327 bits per heavy atom. The topological polar surface area (TPSA) is 51.8 Å².